The molecule has 1 N–H and O–H groups in total. The lowest BCUT2D eigenvalue weighted by molar-refractivity contribution is -0.116. The van der Waals surface area contributed by atoms with Crippen molar-refractivity contribution in [3.63, 3.8) is 0 Å². The lowest BCUT2D eigenvalue weighted by Crippen LogP contribution is -2.33. The van der Waals surface area contributed by atoms with Crippen LogP contribution in [-0.4, -0.2) is 33.4 Å². The zero-order valence-corrected chi connectivity index (χ0v) is 17.9. The SMILES string of the molecule is COC(=O)c1ccc(NS(=O)(=O)c2cc3c(cc2Br)CC(C)N3C(C)=O)cc1. The van der Waals surface area contributed by atoms with Crippen LogP contribution in [0.3, 0.4) is 0 Å². The van der Waals surface area contributed by atoms with E-state index in [0.29, 0.717) is 27.8 Å². The average Bonchev–Trinajstić information content (AvgIpc) is 2.95. The maximum Gasteiger partial charge on any atom is 0.337 e. The number of fused-ring (bicyclic) bond motifs is 1. The van der Waals surface area contributed by atoms with Gasteiger partial charge in [0.2, 0.25) is 5.91 Å². The lowest BCUT2D eigenvalue weighted by Gasteiger charge is -2.21. The second-order valence-electron chi connectivity index (χ2n) is 6.53. The molecular weight excluding hydrogens is 448 g/mol. The zero-order valence-electron chi connectivity index (χ0n) is 15.5. The molecular formula is C19H19BrN2O5S. The fourth-order valence-corrected chi connectivity index (χ4v) is 5.48. The molecule has 0 saturated heterocycles. The monoisotopic (exact) mass is 466 g/mol. The zero-order chi connectivity index (χ0) is 20.6. The van der Waals surface area contributed by atoms with E-state index in [-0.39, 0.29) is 16.8 Å². The number of benzene rings is 2. The van der Waals surface area contributed by atoms with Gasteiger partial charge in [0.25, 0.3) is 10.0 Å². The number of methoxy groups -OCH3 is 1. The van der Waals surface area contributed by atoms with Crippen LogP contribution in [0, 0.1) is 0 Å². The second kappa shape index (κ2) is 7.56. The van der Waals surface area contributed by atoms with Crippen molar-refractivity contribution in [1.82, 2.24) is 0 Å². The van der Waals surface area contributed by atoms with Gasteiger partial charge in [-0.15, -0.1) is 0 Å². The summed E-state index contributed by atoms with van der Waals surface area (Å²) in [7, 11) is -2.65. The number of nitrogens with one attached hydrogen (secondary N) is 1. The average molecular weight is 467 g/mol. The van der Waals surface area contributed by atoms with Gasteiger partial charge in [-0.2, -0.15) is 0 Å². The van der Waals surface area contributed by atoms with Crippen LogP contribution in [0.4, 0.5) is 11.4 Å². The van der Waals surface area contributed by atoms with Crippen molar-refractivity contribution in [2.24, 2.45) is 0 Å². The van der Waals surface area contributed by atoms with Crippen molar-refractivity contribution in [1.29, 1.82) is 0 Å². The number of hydrogen-bond donors (Lipinski definition) is 1. The number of anilines is 2. The topological polar surface area (TPSA) is 92.8 Å². The summed E-state index contributed by atoms with van der Waals surface area (Å²) >= 11 is 3.33. The smallest absolute Gasteiger partial charge is 0.337 e. The summed E-state index contributed by atoms with van der Waals surface area (Å²) < 4.78 is 33.4. The number of amides is 1. The van der Waals surface area contributed by atoms with Gasteiger partial charge in [0.1, 0.15) is 4.90 Å². The molecule has 0 aliphatic carbocycles. The van der Waals surface area contributed by atoms with Crippen LogP contribution in [0.15, 0.2) is 45.8 Å². The molecule has 3 rings (SSSR count). The van der Waals surface area contributed by atoms with E-state index < -0.39 is 16.0 Å². The van der Waals surface area contributed by atoms with Gasteiger partial charge >= 0.3 is 5.97 Å². The van der Waals surface area contributed by atoms with Gasteiger partial charge in [0.05, 0.1) is 12.7 Å². The Labute approximate surface area is 171 Å². The van der Waals surface area contributed by atoms with E-state index in [4.69, 9.17) is 0 Å². The minimum Gasteiger partial charge on any atom is -0.465 e. The number of esters is 1. The first-order chi connectivity index (χ1) is 13.1. The van der Waals surface area contributed by atoms with Crippen molar-refractivity contribution < 1.29 is 22.7 Å². The van der Waals surface area contributed by atoms with Gasteiger partial charge in [-0.05, 0) is 71.2 Å². The van der Waals surface area contributed by atoms with Crippen molar-refractivity contribution in [3.05, 3.63) is 52.0 Å². The molecule has 0 spiro atoms. The van der Waals surface area contributed by atoms with Crippen molar-refractivity contribution in [2.75, 3.05) is 16.7 Å². The normalized spacial score (nSPS) is 15.9. The molecule has 1 aliphatic rings. The predicted molar refractivity (Wildman–Crippen MR) is 109 cm³/mol. The molecule has 0 saturated carbocycles. The van der Waals surface area contributed by atoms with Gasteiger partial charge in [-0.1, -0.05) is 0 Å². The van der Waals surface area contributed by atoms with Gasteiger partial charge in [0, 0.05) is 28.8 Å². The van der Waals surface area contributed by atoms with E-state index >= 15 is 0 Å². The summed E-state index contributed by atoms with van der Waals surface area (Å²) in [6.45, 7) is 3.38. The predicted octanol–water partition coefficient (Wildman–Crippen LogP) is 3.33. The number of hydrogen-bond acceptors (Lipinski definition) is 5. The minimum atomic E-state index is -3.92. The van der Waals surface area contributed by atoms with Crippen LogP contribution in [0.25, 0.3) is 0 Å². The number of rotatable bonds is 4. The van der Waals surface area contributed by atoms with Crippen molar-refractivity contribution in [2.45, 2.75) is 31.2 Å². The fraction of sp³-hybridized carbons (Fsp3) is 0.263. The molecule has 1 atom stereocenters. The van der Waals surface area contributed by atoms with Crippen LogP contribution in [0.1, 0.15) is 29.8 Å². The van der Waals surface area contributed by atoms with Gasteiger partial charge < -0.3 is 9.64 Å². The number of sulfonamides is 1. The van der Waals surface area contributed by atoms with E-state index in [1.54, 1.807) is 11.0 Å². The van der Waals surface area contributed by atoms with E-state index in [9.17, 15) is 18.0 Å². The Morgan fingerprint density at radius 3 is 2.43 bits per heavy atom. The summed E-state index contributed by atoms with van der Waals surface area (Å²) in [6.07, 6.45) is 0.663. The van der Waals surface area contributed by atoms with Crippen LogP contribution >= 0.6 is 15.9 Å². The lowest BCUT2D eigenvalue weighted by atomic mass is 10.1. The number of ether oxygens (including phenoxy) is 1. The molecule has 0 fully saturated rings. The number of halogens is 1. The minimum absolute atomic E-state index is 0.0312. The molecule has 0 bridgehead atoms. The van der Waals surface area contributed by atoms with E-state index in [0.717, 1.165) is 5.56 Å². The largest absolute Gasteiger partial charge is 0.465 e. The van der Waals surface area contributed by atoms with Gasteiger partial charge in [-0.3, -0.25) is 9.52 Å². The molecule has 2 aromatic carbocycles. The van der Waals surface area contributed by atoms with Crippen LogP contribution < -0.4 is 9.62 Å². The quantitative estimate of drug-likeness (QED) is 0.697. The third kappa shape index (κ3) is 3.77. The highest BCUT2D eigenvalue weighted by Gasteiger charge is 2.32. The van der Waals surface area contributed by atoms with E-state index in [1.165, 1.54) is 44.4 Å². The highest BCUT2D eigenvalue weighted by atomic mass is 79.9. The Morgan fingerprint density at radius 2 is 1.86 bits per heavy atom. The first-order valence-corrected chi connectivity index (χ1v) is 10.7. The van der Waals surface area contributed by atoms with Crippen LogP contribution in [0.5, 0.6) is 0 Å². The van der Waals surface area contributed by atoms with E-state index in [2.05, 4.69) is 25.4 Å². The highest BCUT2D eigenvalue weighted by Crippen LogP contribution is 2.38. The summed E-state index contributed by atoms with van der Waals surface area (Å²) in [5.41, 5.74) is 2.13. The van der Waals surface area contributed by atoms with Gasteiger partial charge in [-0.25, -0.2) is 13.2 Å². The Morgan fingerprint density at radius 1 is 1.21 bits per heavy atom. The molecule has 28 heavy (non-hydrogen) atoms. The standard InChI is InChI=1S/C19H19BrN2O5S/c1-11-8-14-9-16(20)18(10-17(14)22(11)12(2)23)28(25,26)21-15-6-4-13(5-7-15)19(24)27-3/h4-7,9-11,21H,8H2,1-3H3. The first-order valence-electron chi connectivity index (χ1n) is 8.47. The molecule has 1 unspecified atom stereocenters. The molecule has 1 aliphatic heterocycles. The molecule has 1 heterocycles. The van der Waals surface area contributed by atoms with E-state index in [1.807, 2.05) is 6.92 Å². The Kier molecular flexibility index (Phi) is 5.49. The third-order valence-electron chi connectivity index (χ3n) is 4.54. The molecule has 0 radical (unpaired) electrons. The van der Waals surface area contributed by atoms with Gasteiger partial charge in [0.15, 0.2) is 0 Å². The summed E-state index contributed by atoms with van der Waals surface area (Å²) in [5, 5.41) is 0. The second-order valence-corrected chi connectivity index (χ2v) is 9.03. The first kappa shape index (κ1) is 20.3. The summed E-state index contributed by atoms with van der Waals surface area (Å²) in [4.78, 5) is 25.1. The number of nitrogens with zero attached hydrogens (tertiary/aromatic N) is 1. The molecule has 1 amide bonds. The molecule has 9 heteroatoms. The summed E-state index contributed by atoms with van der Waals surface area (Å²) in [5.74, 6) is -0.641. The summed E-state index contributed by atoms with van der Waals surface area (Å²) in [6, 6.07) is 9.13. The molecule has 148 valence electrons. The number of carbonyl (C=O) groups is 2. The van der Waals surface area contributed by atoms with Crippen molar-refractivity contribution >= 4 is 49.2 Å². The molecule has 2 aromatic rings. The fourth-order valence-electron chi connectivity index (χ4n) is 3.31. The molecule has 7 nitrogen and oxygen atoms in total. The molecule has 0 aromatic heterocycles. The Bertz CT molecular complexity index is 1050. The van der Waals surface area contributed by atoms with Crippen LogP contribution in [0.2, 0.25) is 0 Å². The van der Waals surface area contributed by atoms with Crippen LogP contribution in [-0.2, 0) is 26.0 Å². The maximum atomic E-state index is 12.9. The Balaban J connectivity index is 1.94. The maximum absolute atomic E-state index is 12.9. The number of carbonyl (C=O) groups excluding carboxylic acids is 2. The highest BCUT2D eigenvalue weighted by molar-refractivity contribution is 9.10. The van der Waals surface area contributed by atoms with Crippen molar-refractivity contribution in [3.8, 4) is 0 Å². The Hall–Kier alpha value is -2.39. The third-order valence-corrected chi connectivity index (χ3v) is 6.88.